The van der Waals surface area contributed by atoms with Gasteiger partial charge in [0.2, 0.25) is 0 Å². The first-order valence-electron chi connectivity index (χ1n) is 4.05. The second-order valence-electron chi connectivity index (χ2n) is 3.31. The van der Waals surface area contributed by atoms with Crippen molar-refractivity contribution in [3.05, 3.63) is 0 Å². The molecule has 0 spiro atoms. The Morgan fingerprint density at radius 2 is 2.00 bits per heavy atom. The summed E-state index contributed by atoms with van der Waals surface area (Å²) in [4.78, 5) is 5.31. The molecule has 1 N–H and O–H groups in total. The first-order valence-corrected chi connectivity index (χ1v) is 5.20. The van der Waals surface area contributed by atoms with Gasteiger partial charge in [-0.1, -0.05) is 6.92 Å². The minimum absolute atomic E-state index is 0.0725. The average Bonchev–Trinajstić information content (AvgIpc) is 1.85. The lowest BCUT2D eigenvalue weighted by atomic mass is 10.2. The molecule has 0 amide bonds. The van der Waals surface area contributed by atoms with E-state index in [0.717, 1.165) is 12.3 Å². The second-order valence-corrected chi connectivity index (χ2v) is 4.70. The monoisotopic (exact) mass is 177 g/mol. The standard InChI is InChI=1S/C8H19NOS/c1-5-11-7-6-9-10-8(2,3)4/h9H,5-7H2,1-4H3. The lowest BCUT2D eigenvalue weighted by molar-refractivity contribution is -0.0697. The first kappa shape index (κ1) is 11.3. The second kappa shape index (κ2) is 5.86. The van der Waals surface area contributed by atoms with Crippen LogP contribution >= 0.6 is 11.8 Å². The molecule has 0 aliphatic heterocycles. The number of thioether (sulfide) groups is 1. The third-order valence-electron chi connectivity index (χ3n) is 0.931. The molecule has 0 rings (SSSR count). The lowest BCUT2D eigenvalue weighted by Crippen LogP contribution is -2.30. The molecule has 0 unspecified atom stereocenters. The van der Waals surface area contributed by atoms with Gasteiger partial charge in [-0.05, 0) is 26.5 Å². The molecule has 3 heteroatoms. The minimum Gasteiger partial charge on any atom is -0.296 e. The molecule has 68 valence electrons. The smallest absolute Gasteiger partial charge is 0.0812 e. The van der Waals surface area contributed by atoms with Crippen molar-refractivity contribution in [1.29, 1.82) is 0 Å². The van der Waals surface area contributed by atoms with Crippen LogP contribution in [0.3, 0.4) is 0 Å². The van der Waals surface area contributed by atoms with E-state index in [1.165, 1.54) is 5.75 Å². The zero-order valence-electron chi connectivity index (χ0n) is 7.94. The van der Waals surface area contributed by atoms with Crippen molar-refractivity contribution in [3.8, 4) is 0 Å². The molecule has 11 heavy (non-hydrogen) atoms. The van der Waals surface area contributed by atoms with Crippen molar-refractivity contribution >= 4 is 11.8 Å². The zero-order chi connectivity index (χ0) is 8.74. The summed E-state index contributed by atoms with van der Waals surface area (Å²) in [7, 11) is 0. The molecule has 0 aliphatic carbocycles. The highest BCUT2D eigenvalue weighted by Gasteiger charge is 2.08. The molecule has 0 aromatic rings. The van der Waals surface area contributed by atoms with Gasteiger partial charge in [-0.2, -0.15) is 11.8 Å². The maximum Gasteiger partial charge on any atom is 0.0812 e. The summed E-state index contributed by atoms with van der Waals surface area (Å²) in [5.74, 6) is 2.30. The molecule has 0 saturated heterocycles. The predicted molar refractivity (Wildman–Crippen MR) is 51.8 cm³/mol. The van der Waals surface area contributed by atoms with Crippen LogP contribution in [-0.2, 0) is 4.84 Å². The van der Waals surface area contributed by atoms with Crippen LogP contribution in [0.4, 0.5) is 0 Å². The normalized spacial score (nSPS) is 12.0. The summed E-state index contributed by atoms with van der Waals surface area (Å²) >= 11 is 1.92. The fourth-order valence-corrected chi connectivity index (χ4v) is 1.04. The highest BCUT2D eigenvalue weighted by atomic mass is 32.2. The molecule has 0 radical (unpaired) electrons. The van der Waals surface area contributed by atoms with Crippen LogP contribution in [0, 0.1) is 0 Å². The van der Waals surface area contributed by atoms with E-state index in [4.69, 9.17) is 4.84 Å². The lowest BCUT2D eigenvalue weighted by Gasteiger charge is -2.19. The highest BCUT2D eigenvalue weighted by Crippen LogP contribution is 2.03. The summed E-state index contributed by atoms with van der Waals surface area (Å²) in [6.07, 6.45) is 0. The van der Waals surface area contributed by atoms with Crippen molar-refractivity contribution < 1.29 is 4.84 Å². The molecule has 0 bridgehead atoms. The average molecular weight is 177 g/mol. The SMILES string of the molecule is CCSCCNOC(C)(C)C. The van der Waals surface area contributed by atoms with Gasteiger partial charge in [-0.25, -0.2) is 5.48 Å². The van der Waals surface area contributed by atoms with E-state index in [9.17, 15) is 0 Å². The van der Waals surface area contributed by atoms with Gasteiger partial charge >= 0.3 is 0 Å². The van der Waals surface area contributed by atoms with Crippen LogP contribution in [0.5, 0.6) is 0 Å². The van der Waals surface area contributed by atoms with E-state index < -0.39 is 0 Å². The molecule has 0 fully saturated rings. The Balaban J connectivity index is 3.02. The Kier molecular flexibility index (Phi) is 6.01. The van der Waals surface area contributed by atoms with E-state index in [1.54, 1.807) is 0 Å². The van der Waals surface area contributed by atoms with Gasteiger partial charge in [-0.3, -0.25) is 4.84 Å². The third-order valence-corrected chi connectivity index (χ3v) is 1.83. The molecule has 0 atom stereocenters. The molecule has 0 aromatic carbocycles. The predicted octanol–water partition coefficient (Wildman–Crippen LogP) is 2.06. The Hall–Kier alpha value is 0.270. The topological polar surface area (TPSA) is 21.3 Å². The van der Waals surface area contributed by atoms with Crippen molar-refractivity contribution in [2.24, 2.45) is 0 Å². The van der Waals surface area contributed by atoms with Gasteiger partial charge in [0.05, 0.1) is 5.60 Å². The molecular weight excluding hydrogens is 158 g/mol. The van der Waals surface area contributed by atoms with Gasteiger partial charge in [-0.15, -0.1) is 0 Å². The van der Waals surface area contributed by atoms with Gasteiger partial charge in [0.15, 0.2) is 0 Å². The van der Waals surface area contributed by atoms with Crippen LogP contribution < -0.4 is 5.48 Å². The maximum atomic E-state index is 5.31. The molecule has 2 nitrogen and oxygen atoms in total. The largest absolute Gasteiger partial charge is 0.296 e. The summed E-state index contributed by atoms with van der Waals surface area (Å²) in [6.45, 7) is 9.19. The van der Waals surface area contributed by atoms with E-state index in [1.807, 2.05) is 32.5 Å². The Bertz CT molecular complexity index is 90.6. The van der Waals surface area contributed by atoms with E-state index in [2.05, 4.69) is 12.4 Å². The van der Waals surface area contributed by atoms with Crippen LogP contribution in [0.15, 0.2) is 0 Å². The van der Waals surface area contributed by atoms with Crippen LogP contribution in [-0.4, -0.2) is 23.7 Å². The van der Waals surface area contributed by atoms with Gasteiger partial charge in [0, 0.05) is 12.3 Å². The molecular formula is C8H19NOS. The van der Waals surface area contributed by atoms with Crippen LogP contribution in [0.2, 0.25) is 0 Å². The maximum absolute atomic E-state index is 5.31. The molecule has 0 heterocycles. The van der Waals surface area contributed by atoms with Crippen molar-refractivity contribution in [2.45, 2.75) is 33.3 Å². The quantitative estimate of drug-likeness (QED) is 0.513. The number of hydrogen-bond donors (Lipinski definition) is 1. The minimum atomic E-state index is -0.0725. The van der Waals surface area contributed by atoms with Gasteiger partial charge < -0.3 is 0 Å². The number of rotatable bonds is 5. The molecule has 0 aromatic heterocycles. The summed E-state index contributed by atoms with van der Waals surface area (Å²) in [5, 5.41) is 0. The first-order chi connectivity index (χ1) is 5.06. The number of hydrogen-bond acceptors (Lipinski definition) is 3. The summed E-state index contributed by atoms with van der Waals surface area (Å²) in [6, 6.07) is 0. The molecule has 0 aliphatic rings. The van der Waals surface area contributed by atoms with Crippen LogP contribution in [0.25, 0.3) is 0 Å². The van der Waals surface area contributed by atoms with E-state index >= 15 is 0 Å². The van der Waals surface area contributed by atoms with E-state index in [-0.39, 0.29) is 5.60 Å². The highest BCUT2D eigenvalue weighted by molar-refractivity contribution is 7.99. The number of nitrogens with one attached hydrogen (secondary N) is 1. The third kappa shape index (κ3) is 10.3. The summed E-state index contributed by atoms with van der Waals surface area (Å²) in [5.41, 5.74) is 2.87. The van der Waals surface area contributed by atoms with Crippen molar-refractivity contribution in [1.82, 2.24) is 5.48 Å². The molecule has 0 saturated carbocycles. The Labute approximate surface area is 74.0 Å². The fourth-order valence-electron chi connectivity index (χ4n) is 0.526. The number of hydroxylamine groups is 1. The summed E-state index contributed by atoms with van der Waals surface area (Å²) < 4.78 is 0. The Morgan fingerprint density at radius 3 is 2.45 bits per heavy atom. The van der Waals surface area contributed by atoms with Crippen molar-refractivity contribution in [2.75, 3.05) is 18.1 Å². The fraction of sp³-hybridized carbons (Fsp3) is 1.00. The van der Waals surface area contributed by atoms with Gasteiger partial charge in [0.25, 0.3) is 0 Å². The van der Waals surface area contributed by atoms with E-state index in [0.29, 0.717) is 0 Å². The van der Waals surface area contributed by atoms with Crippen molar-refractivity contribution in [3.63, 3.8) is 0 Å². The van der Waals surface area contributed by atoms with Crippen LogP contribution in [0.1, 0.15) is 27.7 Å². The zero-order valence-corrected chi connectivity index (χ0v) is 8.75. The Morgan fingerprint density at radius 1 is 1.36 bits per heavy atom. The van der Waals surface area contributed by atoms with Gasteiger partial charge in [0.1, 0.15) is 0 Å².